The molecular weight excluding hydrogens is 815 g/mol. The molecule has 304 valence electrons. The summed E-state index contributed by atoms with van der Waals surface area (Å²) < 4.78 is 61.8. The van der Waals surface area contributed by atoms with Crippen molar-refractivity contribution < 1.29 is 90.4 Å². The number of aliphatic carboxylic acids is 1. The van der Waals surface area contributed by atoms with Crippen molar-refractivity contribution in [3.05, 3.63) is 12.7 Å². The van der Waals surface area contributed by atoms with E-state index in [0.717, 1.165) is 29.0 Å². The van der Waals surface area contributed by atoms with Crippen LogP contribution in [0.15, 0.2) is 12.7 Å². The standard InChI is InChI=1S/C24H38N7O19P3S/c1-24(2,19(37)22(38)27-4-3-13(32)26-5-6-54-15(35)7-14(33)34)9-47-53(44,45)50-52(42,43)46-8-12-18(49-51(39,40)41)17(36)23(48-12)31-11-30-16-20(25)28-10-29-21(16)31/h10-12,17-19,23,36-37H,3-9H2,1-2H3,(H,26,32)(H,27,38)(H,33,34)(H,42,43)(H,44,45)(H2,25,28,29)(H2,39,40,41)/t12-,17?,18+,19+,23-/m1/s1. The van der Waals surface area contributed by atoms with Gasteiger partial charge < -0.3 is 56.0 Å². The maximum absolute atomic E-state index is 12.6. The summed E-state index contributed by atoms with van der Waals surface area (Å²) in [4.78, 5) is 97.0. The number of ether oxygens (including phenoxy) is 1. The predicted octanol–water partition coefficient (Wildman–Crippen LogP) is -1.86. The Kier molecular flexibility index (Phi) is 15.8. The van der Waals surface area contributed by atoms with Crippen LogP contribution in [-0.2, 0) is 55.5 Å². The SMILES string of the molecule is CC(C)(COP(=O)(O)OP(=O)(O)OC[C@H]1O[C@@H](n2cnc3c(N)ncnc32)C(O)[C@H]1OP(=O)(O)O)[C@@H](O)C(=O)NCCC(=O)NCCSC(=O)CC(=O)O. The first-order chi connectivity index (χ1) is 24.9. The van der Waals surface area contributed by atoms with Gasteiger partial charge in [-0.3, -0.25) is 37.3 Å². The minimum Gasteiger partial charge on any atom is -0.481 e. The van der Waals surface area contributed by atoms with Crippen LogP contribution < -0.4 is 16.4 Å². The number of aliphatic hydroxyl groups excluding tert-OH is 2. The van der Waals surface area contributed by atoms with Crippen molar-refractivity contribution in [2.24, 2.45) is 5.41 Å². The second-order valence-electron chi connectivity index (χ2n) is 11.9. The number of carbonyl (C=O) groups is 4. The number of imidazole rings is 1. The van der Waals surface area contributed by atoms with Crippen molar-refractivity contribution in [1.29, 1.82) is 0 Å². The van der Waals surface area contributed by atoms with Crippen LogP contribution in [-0.4, -0.2) is 134 Å². The normalized spacial score (nSPS) is 21.9. The molecule has 3 unspecified atom stereocenters. The number of phosphoric acid groups is 3. The van der Waals surface area contributed by atoms with Crippen molar-refractivity contribution in [2.75, 3.05) is 37.8 Å². The number of amides is 2. The van der Waals surface area contributed by atoms with Crippen molar-refractivity contribution >= 4 is 75.1 Å². The van der Waals surface area contributed by atoms with Crippen molar-refractivity contribution in [1.82, 2.24) is 30.2 Å². The monoisotopic (exact) mass is 853 g/mol. The van der Waals surface area contributed by atoms with Crippen molar-refractivity contribution in [3.8, 4) is 0 Å². The molecule has 2 amide bonds. The Hall–Kier alpha value is -2.97. The molecule has 0 saturated carbocycles. The number of aliphatic hydroxyl groups is 2. The Morgan fingerprint density at radius 1 is 1.06 bits per heavy atom. The maximum atomic E-state index is 12.6. The Balaban J connectivity index is 1.51. The van der Waals surface area contributed by atoms with Crippen LogP contribution in [0.1, 0.15) is 32.9 Å². The molecule has 30 heteroatoms. The number of hydrogen-bond acceptors (Lipinski definition) is 19. The summed E-state index contributed by atoms with van der Waals surface area (Å²) in [5.74, 6) is -2.80. The number of nitrogens with zero attached hydrogens (tertiary/aromatic N) is 4. The Morgan fingerprint density at radius 3 is 2.37 bits per heavy atom. The number of nitrogen functional groups attached to an aromatic ring is 1. The van der Waals surface area contributed by atoms with E-state index in [1.807, 2.05) is 0 Å². The molecular formula is C24H38N7O19P3S. The number of phosphoric ester groups is 3. The Morgan fingerprint density at radius 2 is 1.72 bits per heavy atom. The van der Waals surface area contributed by atoms with Crippen molar-refractivity contribution in [2.45, 2.75) is 57.3 Å². The second kappa shape index (κ2) is 18.8. The lowest BCUT2D eigenvalue weighted by atomic mass is 9.87. The molecule has 7 atom stereocenters. The van der Waals surface area contributed by atoms with Gasteiger partial charge in [-0.25, -0.2) is 28.6 Å². The van der Waals surface area contributed by atoms with Gasteiger partial charge in [0.05, 0.1) is 19.5 Å². The molecule has 2 aromatic rings. The van der Waals surface area contributed by atoms with Crippen LogP contribution in [0.4, 0.5) is 5.82 Å². The van der Waals surface area contributed by atoms with E-state index in [1.54, 1.807) is 0 Å². The van der Waals surface area contributed by atoms with Crippen molar-refractivity contribution in [3.63, 3.8) is 0 Å². The first kappa shape index (κ1) is 45.4. The number of carboxylic acids is 1. The van der Waals surface area contributed by atoms with Gasteiger partial charge in [0, 0.05) is 30.7 Å². The zero-order valence-corrected chi connectivity index (χ0v) is 31.6. The molecule has 1 aliphatic rings. The molecule has 2 aromatic heterocycles. The number of rotatable bonds is 21. The summed E-state index contributed by atoms with van der Waals surface area (Å²) in [5.41, 5.74) is 4.19. The molecule has 3 heterocycles. The highest BCUT2D eigenvalue weighted by atomic mass is 32.2. The molecule has 1 fully saturated rings. The lowest BCUT2D eigenvalue weighted by Crippen LogP contribution is -2.46. The van der Waals surface area contributed by atoms with E-state index in [1.165, 1.54) is 13.8 Å². The quantitative estimate of drug-likeness (QED) is 0.0374. The van der Waals surface area contributed by atoms with E-state index in [-0.39, 0.29) is 42.2 Å². The summed E-state index contributed by atoms with van der Waals surface area (Å²) >= 11 is 0.718. The molecule has 0 aliphatic carbocycles. The first-order valence-corrected chi connectivity index (χ1v) is 20.7. The molecule has 0 aromatic carbocycles. The smallest absolute Gasteiger partial charge is 0.481 e. The third-order valence-corrected chi connectivity index (χ3v) is 11.0. The van der Waals surface area contributed by atoms with Gasteiger partial charge in [0.25, 0.3) is 0 Å². The van der Waals surface area contributed by atoms with Crippen LogP contribution in [0.2, 0.25) is 0 Å². The summed E-state index contributed by atoms with van der Waals surface area (Å²) in [5, 5.41) is 34.0. The van der Waals surface area contributed by atoms with Gasteiger partial charge >= 0.3 is 29.4 Å². The molecule has 1 aliphatic heterocycles. The van der Waals surface area contributed by atoms with Crippen LogP contribution in [0.3, 0.4) is 0 Å². The molecule has 11 N–H and O–H groups in total. The zero-order chi connectivity index (χ0) is 40.6. The molecule has 26 nitrogen and oxygen atoms in total. The summed E-state index contributed by atoms with van der Waals surface area (Å²) in [6, 6.07) is 0. The number of carboxylic acid groups (broad SMARTS) is 1. The van der Waals surface area contributed by atoms with Crippen LogP contribution in [0, 0.1) is 5.41 Å². The average Bonchev–Trinajstić information content (AvgIpc) is 3.60. The van der Waals surface area contributed by atoms with Gasteiger partial charge in [-0.1, -0.05) is 25.6 Å². The minimum atomic E-state index is -5.59. The van der Waals surface area contributed by atoms with E-state index in [2.05, 4.69) is 34.4 Å². The lowest BCUT2D eigenvalue weighted by Gasteiger charge is -2.30. The first-order valence-electron chi connectivity index (χ1n) is 15.2. The zero-order valence-electron chi connectivity index (χ0n) is 28.1. The number of nitrogens with two attached hydrogens (primary N) is 1. The lowest BCUT2D eigenvalue weighted by molar-refractivity contribution is -0.139. The van der Waals surface area contributed by atoms with Gasteiger partial charge in [0.15, 0.2) is 22.8 Å². The average molecular weight is 854 g/mol. The minimum absolute atomic E-state index is 0.0185. The van der Waals surface area contributed by atoms with Gasteiger partial charge in [-0.2, -0.15) is 4.31 Å². The summed E-state index contributed by atoms with van der Waals surface area (Å²) in [6.45, 7) is 0.132. The largest absolute Gasteiger partial charge is 0.481 e. The highest BCUT2D eigenvalue weighted by molar-refractivity contribution is 8.13. The Bertz CT molecular complexity index is 1830. The molecule has 3 rings (SSSR count). The molecule has 54 heavy (non-hydrogen) atoms. The maximum Gasteiger partial charge on any atom is 0.481 e. The van der Waals surface area contributed by atoms with E-state index in [9.17, 15) is 62.7 Å². The Labute approximate surface area is 308 Å². The molecule has 0 bridgehead atoms. The third-order valence-electron chi connectivity index (χ3n) is 7.06. The number of carbonyl (C=O) groups excluding carboxylic acids is 3. The van der Waals surface area contributed by atoms with Gasteiger partial charge in [-0.15, -0.1) is 0 Å². The number of aromatic nitrogens is 4. The molecule has 0 radical (unpaired) electrons. The molecule has 1 saturated heterocycles. The number of nitrogens with one attached hydrogen (secondary N) is 2. The van der Waals surface area contributed by atoms with Crippen LogP contribution >= 0.6 is 35.2 Å². The van der Waals surface area contributed by atoms with Gasteiger partial charge in [-0.05, 0) is 0 Å². The second-order valence-corrected chi connectivity index (χ2v) is 17.2. The third kappa shape index (κ3) is 13.6. The fourth-order valence-electron chi connectivity index (χ4n) is 4.47. The van der Waals surface area contributed by atoms with Gasteiger partial charge in [0.1, 0.15) is 42.7 Å². The number of hydrogen-bond donors (Lipinski definition) is 10. The number of fused-ring (bicyclic) bond motifs is 1. The van der Waals surface area contributed by atoms with E-state index in [0.29, 0.717) is 0 Å². The number of anilines is 1. The fraction of sp³-hybridized carbons (Fsp3) is 0.625. The summed E-state index contributed by atoms with van der Waals surface area (Å²) in [7, 11) is -16.4. The molecule has 0 spiro atoms. The topological polar surface area (TPSA) is 401 Å². The fourth-order valence-corrected chi connectivity index (χ4v) is 7.96. The van der Waals surface area contributed by atoms with E-state index < -0.39 is 102 Å². The van der Waals surface area contributed by atoms with Crippen LogP contribution in [0.25, 0.3) is 11.2 Å². The van der Waals surface area contributed by atoms with E-state index in [4.69, 9.17) is 24.6 Å². The number of thioether (sulfide) groups is 1. The van der Waals surface area contributed by atoms with Gasteiger partial charge in [0.2, 0.25) is 11.8 Å². The van der Waals surface area contributed by atoms with E-state index >= 15 is 0 Å². The summed E-state index contributed by atoms with van der Waals surface area (Å²) in [6.07, 6.45) is -7.78. The van der Waals surface area contributed by atoms with Crippen LogP contribution in [0.5, 0.6) is 0 Å². The highest BCUT2D eigenvalue weighted by Gasteiger charge is 2.50. The highest BCUT2D eigenvalue weighted by Crippen LogP contribution is 2.61. The predicted molar refractivity (Wildman–Crippen MR) is 179 cm³/mol.